The van der Waals surface area contributed by atoms with Crippen LogP contribution in [0.5, 0.6) is 0 Å². The van der Waals surface area contributed by atoms with Crippen molar-refractivity contribution in [2.24, 2.45) is 23.2 Å². The first-order chi connectivity index (χ1) is 11.1. The summed E-state index contributed by atoms with van der Waals surface area (Å²) in [4.78, 5) is 45.0. The van der Waals surface area contributed by atoms with Crippen molar-refractivity contribution in [2.45, 2.75) is 13.3 Å². The molecular weight excluding hydrogens is 322 g/mol. The Bertz CT molecular complexity index is 639. The number of aromatic nitrogens is 3. The smallest absolute Gasteiger partial charge is 0.336 e. The highest BCUT2D eigenvalue weighted by atomic mass is 16.5. The molecule has 8 N–H and O–H groups in total. The predicted molar refractivity (Wildman–Crippen MR) is 81.8 cm³/mol. The van der Waals surface area contributed by atoms with E-state index >= 15 is 0 Å². The molecule has 1 heterocycles. The second kappa shape index (κ2) is 7.80. The summed E-state index contributed by atoms with van der Waals surface area (Å²) in [5.74, 6) is 9.49. The molecule has 13 heteroatoms. The van der Waals surface area contributed by atoms with Gasteiger partial charge in [0.15, 0.2) is 0 Å². The van der Waals surface area contributed by atoms with Crippen molar-refractivity contribution in [2.75, 3.05) is 16.6 Å². The number of nitrogens with zero attached hydrogens (tertiary/aromatic N) is 5. The molecule has 0 unspecified atom stereocenters. The highest BCUT2D eigenvalue weighted by Gasteiger charge is 2.19. The predicted octanol–water partition coefficient (Wildman–Crippen LogP) is -1.95. The molecule has 0 aliphatic heterocycles. The molecule has 1 rings (SSSR count). The van der Waals surface area contributed by atoms with Gasteiger partial charge in [-0.1, -0.05) is 6.58 Å². The van der Waals surface area contributed by atoms with E-state index in [4.69, 9.17) is 27.9 Å². The summed E-state index contributed by atoms with van der Waals surface area (Å²) in [6.45, 7) is 4.81. The van der Waals surface area contributed by atoms with E-state index in [-0.39, 0.29) is 36.3 Å². The fraction of sp³-hybridized carbons (Fsp3) is 0.273. The van der Waals surface area contributed by atoms with Crippen LogP contribution in [0.3, 0.4) is 0 Å². The first kappa shape index (κ1) is 18.7. The van der Waals surface area contributed by atoms with Crippen molar-refractivity contribution in [3.8, 4) is 0 Å². The normalized spacial score (nSPS) is 9.96. The van der Waals surface area contributed by atoms with Crippen molar-refractivity contribution in [1.82, 2.24) is 15.0 Å². The van der Waals surface area contributed by atoms with Crippen molar-refractivity contribution in [1.29, 1.82) is 0 Å². The number of hydrazine groups is 2. The largest absolute Gasteiger partial charge is 0.462 e. The summed E-state index contributed by atoms with van der Waals surface area (Å²) in [7, 11) is 0. The van der Waals surface area contributed by atoms with Crippen LogP contribution in [0.2, 0.25) is 0 Å². The zero-order chi connectivity index (χ0) is 18.4. The van der Waals surface area contributed by atoms with Crippen molar-refractivity contribution in [3.63, 3.8) is 0 Å². The lowest BCUT2D eigenvalue weighted by molar-refractivity contribution is -0.138. The molecular formula is C11H17N9O4. The van der Waals surface area contributed by atoms with Crippen LogP contribution in [-0.4, -0.2) is 39.6 Å². The standard InChI is InChI=1S/C11H17N9O4/c1-5(2)7(21)24-4-3-6-16-10(19(14)8(12)22)18-11(17-6)20(15)9(13)23/h1,3-4,14-15H2,2H3,(H2,12,22)(H2,13,23). The number of amides is 4. The first-order valence-corrected chi connectivity index (χ1v) is 6.39. The molecule has 0 aromatic carbocycles. The van der Waals surface area contributed by atoms with E-state index in [0.717, 1.165) is 0 Å². The molecule has 0 fully saturated rings. The Morgan fingerprint density at radius 1 is 1.04 bits per heavy atom. The van der Waals surface area contributed by atoms with Crippen LogP contribution in [0.4, 0.5) is 21.5 Å². The van der Waals surface area contributed by atoms with Gasteiger partial charge >= 0.3 is 18.0 Å². The number of carbonyl (C=O) groups excluding carboxylic acids is 3. The number of esters is 1. The molecule has 0 spiro atoms. The number of nitrogens with two attached hydrogens (primary N) is 4. The highest BCUT2D eigenvalue weighted by molar-refractivity contribution is 5.89. The van der Waals surface area contributed by atoms with Crippen LogP contribution in [0, 0.1) is 0 Å². The topological polar surface area (TPSA) is 210 Å². The average molecular weight is 339 g/mol. The third-order valence-electron chi connectivity index (χ3n) is 2.47. The molecule has 0 bridgehead atoms. The summed E-state index contributed by atoms with van der Waals surface area (Å²) in [5.41, 5.74) is 10.3. The van der Waals surface area contributed by atoms with Crippen molar-refractivity contribution >= 4 is 29.9 Å². The van der Waals surface area contributed by atoms with Gasteiger partial charge in [-0.15, -0.1) is 0 Å². The monoisotopic (exact) mass is 339 g/mol. The summed E-state index contributed by atoms with van der Waals surface area (Å²) in [5, 5.41) is 0.840. The van der Waals surface area contributed by atoms with E-state index in [1.165, 1.54) is 6.92 Å². The number of hydrogen-bond donors (Lipinski definition) is 4. The van der Waals surface area contributed by atoms with Gasteiger partial charge in [0, 0.05) is 12.0 Å². The van der Waals surface area contributed by atoms with Crippen LogP contribution in [0.15, 0.2) is 12.2 Å². The summed E-state index contributed by atoms with van der Waals surface area (Å²) in [6, 6.07) is -2.12. The van der Waals surface area contributed by atoms with Gasteiger partial charge in [0.2, 0.25) is 0 Å². The lowest BCUT2D eigenvalue weighted by Crippen LogP contribution is -2.45. The maximum atomic E-state index is 11.3. The Kier molecular flexibility index (Phi) is 6.08. The first-order valence-electron chi connectivity index (χ1n) is 6.39. The van der Waals surface area contributed by atoms with Crippen LogP contribution >= 0.6 is 0 Å². The number of hydrogen-bond acceptors (Lipinski definition) is 9. The van der Waals surface area contributed by atoms with Gasteiger partial charge in [-0.25, -0.2) is 26.1 Å². The minimum Gasteiger partial charge on any atom is -0.462 e. The molecule has 24 heavy (non-hydrogen) atoms. The number of carbonyl (C=O) groups is 3. The van der Waals surface area contributed by atoms with Gasteiger partial charge in [-0.2, -0.15) is 25.0 Å². The molecule has 13 nitrogen and oxygen atoms in total. The van der Waals surface area contributed by atoms with Crippen LogP contribution in [0.25, 0.3) is 0 Å². The molecule has 1 aromatic rings. The van der Waals surface area contributed by atoms with E-state index in [0.29, 0.717) is 10.0 Å². The van der Waals surface area contributed by atoms with E-state index in [2.05, 4.69) is 21.5 Å². The number of primary amides is 2. The third-order valence-corrected chi connectivity index (χ3v) is 2.47. The zero-order valence-corrected chi connectivity index (χ0v) is 12.8. The minimum absolute atomic E-state index is 0.0146. The van der Waals surface area contributed by atoms with Gasteiger partial charge in [0.25, 0.3) is 11.9 Å². The summed E-state index contributed by atoms with van der Waals surface area (Å²) < 4.78 is 4.89. The van der Waals surface area contributed by atoms with Gasteiger partial charge in [-0.3, -0.25) is 0 Å². The van der Waals surface area contributed by atoms with Crippen LogP contribution in [-0.2, 0) is 16.0 Å². The van der Waals surface area contributed by atoms with Crippen LogP contribution < -0.4 is 33.2 Å². The Morgan fingerprint density at radius 2 is 1.50 bits per heavy atom. The summed E-state index contributed by atoms with van der Waals surface area (Å²) in [6.07, 6.45) is 0.0146. The maximum absolute atomic E-state index is 11.3. The Morgan fingerprint density at radius 3 is 1.88 bits per heavy atom. The molecule has 4 amide bonds. The zero-order valence-electron chi connectivity index (χ0n) is 12.8. The molecule has 0 radical (unpaired) electrons. The summed E-state index contributed by atoms with van der Waals surface area (Å²) >= 11 is 0. The SMILES string of the molecule is C=C(C)C(=O)OCCc1nc(N(N)C(N)=O)nc(N(N)C(N)=O)n1. The van der Waals surface area contributed by atoms with Crippen LogP contribution in [0.1, 0.15) is 12.7 Å². The van der Waals surface area contributed by atoms with Crippen molar-refractivity contribution in [3.05, 3.63) is 18.0 Å². The maximum Gasteiger partial charge on any atom is 0.336 e. The van der Waals surface area contributed by atoms with E-state index in [1.54, 1.807) is 0 Å². The van der Waals surface area contributed by atoms with Gasteiger partial charge < -0.3 is 16.2 Å². The van der Waals surface area contributed by atoms with E-state index < -0.39 is 18.0 Å². The fourth-order valence-corrected chi connectivity index (χ4v) is 1.28. The molecule has 0 saturated carbocycles. The van der Waals surface area contributed by atoms with Gasteiger partial charge in [0.1, 0.15) is 5.82 Å². The number of urea groups is 2. The molecule has 130 valence electrons. The van der Waals surface area contributed by atoms with Crippen molar-refractivity contribution < 1.29 is 19.1 Å². The third kappa shape index (κ3) is 4.85. The Hall–Kier alpha value is -3.32. The fourth-order valence-electron chi connectivity index (χ4n) is 1.28. The average Bonchev–Trinajstić information content (AvgIpc) is 2.52. The minimum atomic E-state index is -1.06. The van der Waals surface area contributed by atoms with Gasteiger partial charge in [0.05, 0.1) is 6.61 Å². The molecule has 0 saturated heterocycles. The highest BCUT2D eigenvalue weighted by Crippen LogP contribution is 2.11. The Balaban J connectivity index is 3.05. The number of anilines is 2. The van der Waals surface area contributed by atoms with Gasteiger partial charge in [-0.05, 0) is 6.92 Å². The quantitative estimate of drug-likeness (QED) is 0.149. The number of ether oxygens (including phenoxy) is 1. The molecule has 0 aliphatic carbocycles. The van der Waals surface area contributed by atoms with E-state index in [9.17, 15) is 14.4 Å². The molecule has 1 aromatic heterocycles. The lowest BCUT2D eigenvalue weighted by Gasteiger charge is -2.16. The number of rotatable bonds is 6. The second-order valence-corrected chi connectivity index (χ2v) is 4.43. The lowest BCUT2D eigenvalue weighted by atomic mass is 10.3. The molecule has 0 atom stereocenters. The van der Waals surface area contributed by atoms with E-state index in [1.807, 2.05) is 0 Å². The Labute approximate surface area is 136 Å². The second-order valence-electron chi connectivity index (χ2n) is 4.43. The molecule has 0 aliphatic rings.